The molecule has 18 heavy (non-hydrogen) atoms. The molecule has 0 saturated carbocycles. The van der Waals surface area contributed by atoms with Crippen LogP contribution in [0.5, 0.6) is 0 Å². The Morgan fingerprint density at radius 1 is 1.83 bits per heavy atom. The lowest BCUT2D eigenvalue weighted by atomic mass is 10.4. The van der Waals surface area contributed by atoms with E-state index in [0.717, 1.165) is 34.1 Å². The Morgan fingerprint density at radius 3 is 3.17 bits per heavy atom. The minimum Gasteiger partial charge on any atom is -0.369 e. The topological polar surface area (TPSA) is 118 Å². The number of nitriles is 1. The fraction of sp³-hybridized carbons (Fsp3) is 0.400. The van der Waals surface area contributed by atoms with E-state index in [1.165, 1.54) is 0 Å². The molecule has 8 heteroatoms. The summed E-state index contributed by atoms with van der Waals surface area (Å²) in [5, 5.41) is 15.5. The van der Waals surface area contributed by atoms with E-state index < -0.39 is 0 Å². The monoisotopic (exact) mass is 265 g/mol. The van der Waals surface area contributed by atoms with Gasteiger partial charge in [0.05, 0.1) is 18.6 Å². The number of thioether (sulfide) groups is 1. The zero-order valence-electron chi connectivity index (χ0n) is 10.1. The third kappa shape index (κ3) is 4.10. The summed E-state index contributed by atoms with van der Waals surface area (Å²) >= 11 is 1.69. The molecule has 1 aromatic rings. The Labute approximate surface area is 110 Å². The van der Waals surface area contributed by atoms with Gasteiger partial charge in [-0.1, -0.05) is 0 Å². The van der Waals surface area contributed by atoms with Crippen molar-refractivity contribution in [3.05, 3.63) is 17.7 Å². The maximum Gasteiger partial charge on any atom is 0.210 e. The van der Waals surface area contributed by atoms with E-state index in [1.54, 1.807) is 24.3 Å². The number of H-pyrrole nitrogens is 1. The Balaban J connectivity index is 2.27. The van der Waals surface area contributed by atoms with Gasteiger partial charge in [-0.15, -0.1) is 0 Å². The molecular formula is C10H15N7S. The van der Waals surface area contributed by atoms with E-state index in [9.17, 15) is 0 Å². The third-order valence-corrected chi connectivity index (χ3v) is 3.11. The summed E-state index contributed by atoms with van der Waals surface area (Å²) in [7, 11) is 0. The minimum absolute atomic E-state index is 0.0454. The molecule has 0 spiro atoms. The number of imidazole rings is 1. The van der Waals surface area contributed by atoms with E-state index in [1.807, 2.05) is 6.92 Å². The average molecular weight is 265 g/mol. The van der Waals surface area contributed by atoms with Gasteiger partial charge in [0.25, 0.3) is 0 Å². The Morgan fingerprint density at radius 2 is 2.61 bits per heavy atom. The fourth-order valence-corrected chi connectivity index (χ4v) is 2.00. The molecule has 96 valence electrons. The van der Waals surface area contributed by atoms with Crippen LogP contribution in [0, 0.1) is 23.8 Å². The summed E-state index contributed by atoms with van der Waals surface area (Å²) < 4.78 is 0. The Bertz CT molecular complexity index is 459. The molecule has 0 fully saturated rings. The van der Waals surface area contributed by atoms with Crippen LogP contribution in [-0.4, -0.2) is 39.5 Å². The minimum atomic E-state index is 0.0454. The van der Waals surface area contributed by atoms with Gasteiger partial charge in [0, 0.05) is 17.2 Å². The van der Waals surface area contributed by atoms with Gasteiger partial charge in [-0.25, -0.2) is 9.88 Å². The molecule has 0 radical (unpaired) electrons. The molecule has 0 atom stereocenters. The van der Waals surface area contributed by atoms with Crippen molar-refractivity contribution in [1.29, 1.82) is 10.7 Å². The van der Waals surface area contributed by atoms with Gasteiger partial charge < -0.3 is 10.7 Å². The van der Waals surface area contributed by atoms with Crippen LogP contribution >= 0.6 is 11.8 Å². The maximum atomic E-state index is 8.60. The zero-order chi connectivity index (χ0) is 13.4. The molecular weight excluding hydrogens is 250 g/mol. The van der Waals surface area contributed by atoms with Gasteiger partial charge in [-0.2, -0.15) is 17.0 Å². The standard InChI is InChI=1S/C10H15N7S/c1-8-9(16-7-15-8)4-18-3-2-14-10(13)17(5-11)6-12/h5,7,11H,2-4H2,1H3,(H2,13,14)(H,15,16). The lowest BCUT2D eigenvalue weighted by molar-refractivity contribution is 0.841. The quantitative estimate of drug-likeness (QED) is 0.229. The van der Waals surface area contributed by atoms with E-state index in [-0.39, 0.29) is 5.96 Å². The number of rotatable bonds is 6. The van der Waals surface area contributed by atoms with Crippen molar-refractivity contribution in [3.63, 3.8) is 0 Å². The number of nitrogens with zero attached hydrogens (tertiary/aromatic N) is 4. The predicted molar refractivity (Wildman–Crippen MR) is 72.2 cm³/mol. The number of nitrogens with one attached hydrogen (secondary N) is 2. The number of aryl methyl sites for hydroxylation is 1. The highest BCUT2D eigenvalue weighted by molar-refractivity contribution is 7.98. The Kier molecular flexibility index (Phi) is 5.73. The third-order valence-electron chi connectivity index (χ3n) is 2.17. The number of nitrogens with two attached hydrogens (primary N) is 1. The molecule has 0 aliphatic carbocycles. The summed E-state index contributed by atoms with van der Waals surface area (Å²) in [6, 6.07) is 0. The smallest absolute Gasteiger partial charge is 0.210 e. The highest BCUT2D eigenvalue weighted by Gasteiger charge is 2.02. The molecule has 0 bridgehead atoms. The van der Waals surface area contributed by atoms with Crippen LogP contribution in [-0.2, 0) is 5.75 Å². The lowest BCUT2D eigenvalue weighted by Crippen LogP contribution is -2.32. The van der Waals surface area contributed by atoms with Crippen LogP contribution in [0.15, 0.2) is 11.3 Å². The fourth-order valence-electron chi connectivity index (χ4n) is 1.15. The number of aromatic nitrogens is 2. The van der Waals surface area contributed by atoms with Crippen molar-refractivity contribution >= 4 is 24.1 Å². The molecule has 0 amide bonds. The summed E-state index contributed by atoms with van der Waals surface area (Å²) in [5.74, 6) is 1.64. The van der Waals surface area contributed by atoms with Crippen molar-refractivity contribution in [1.82, 2.24) is 14.9 Å². The molecule has 1 aromatic heterocycles. The first-order chi connectivity index (χ1) is 8.69. The number of hydrogen-bond donors (Lipinski definition) is 3. The summed E-state index contributed by atoms with van der Waals surface area (Å²) in [6.07, 6.45) is 4.25. The van der Waals surface area contributed by atoms with Gasteiger partial charge in [0.1, 0.15) is 6.34 Å². The average Bonchev–Trinajstić information content (AvgIpc) is 2.76. The summed E-state index contributed by atoms with van der Waals surface area (Å²) in [6.45, 7) is 2.49. The maximum absolute atomic E-state index is 8.60. The van der Waals surface area contributed by atoms with Crippen molar-refractivity contribution in [2.75, 3.05) is 12.3 Å². The van der Waals surface area contributed by atoms with Crippen LogP contribution < -0.4 is 5.73 Å². The van der Waals surface area contributed by atoms with Crippen LogP contribution in [0.4, 0.5) is 0 Å². The normalized spacial score (nSPS) is 11.0. The number of hydrogen-bond acceptors (Lipinski definition) is 5. The number of guanidine groups is 1. The summed E-state index contributed by atoms with van der Waals surface area (Å²) in [5.41, 5.74) is 7.63. The van der Waals surface area contributed by atoms with Crippen molar-refractivity contribution < 1.29 is 0 Å². The lowest BCUT2D eigenvalue weighted by Gasteiger charge is -2.06. The molecule has 7 nitrogen and oxygen atoms in total. The van der Waals surface area contributed by atoms with E-state index in [4.69, 9.17) is 16.4 Å². The van der Waals surface area contributed by atoms with E-state index in [0.29, 0.717) is 6.54 Å². The molecule has 0 aliphatic heterocycles. The second kappa shape index (κ2) is 7.34. The molecule has 0 saturated heterocycles. The van der Waals surface area contributed by atoms with Gasteiger partial charge in [0.15, 0.2) is 6.19 Å². The second-order valence-corrected chi connectivity index (χ2v) is 4.47. The van der Waals surface area contributed by atoms with Crippen molar-refractivity contribution in [2.24, 2.45) is 10.7 Å². The SMILES string of the molecule is Cc1[nH]cnc1CSCCN=C(N)N(C#N)C=N. The predicted octanol–water partition coefficient (Wildman–Crippen LogP) is 0.656. The van der Waals surface area contributed by atoms with Crippen LogP contribution in [0.3, 0.4) is 0 Å². The molecule has 0 aliphatic rings. The first kappa shape index (κ1) is 14.1. The number of aromatic amines is 1. The van der Waals surface area contributed by atoms with Crippen LogP contribution in [0.1, 0.15) is 11.4 Å². The first-order valence-electron chi connectivity index (χ1n) is 5.25. The van der Waals surface area contributed by atoms with Crippen LogP contribution in [0.2, 0.25) is 0 Å². The molecule has 1 heterocycles. The molecule has 0 aromatic carbocycles. The summed E-state index contributed by atoms with van der Waals surface area (Å²) in [4.78, 5) is 12.1. The van der Waals surface area contributed by atoms with Crippen LogP contribution in [0.25, 0.3) is 0 Å². The largest absolute Gasteiger partial charge is 0.369 e. The van der Waals surface area contributed by atoms with Crippen molar-refractivity contribution in [3.8, 4) is 6.19 Å². The highest BCUT2D eigenvalue weighted by Crippen LogP contribution is 2.11. The van der Waals surface area contributed by atoms with Gasteiger partial charge >= 0.3 is 0 Å². The van der Waals surface area contributed by atoms with Gasteiger partial charge in [-0.05, 0) is 6.92 Å². The highest BCUT2D eigenvalue weighted by atomic mass is 32.2. The van der Waals surface area contributed by atoms with Gasteiger partial charge in [0.2, 0.25) is 5.96 Å². The molecule has 1 rings (SSSR count). The van der Waals surface area contributed by atoms with Crippen molar-refractivity contribution in [2.45, 2.75) is 12.7 Å². The Hall–Kier alpha value is -2.01. The first-order valence-corrected chi connectivity index (χ1v) is 6.40. The van der Waals surface area contributed by atoms with E-state index >= 15 is 0 Å². The molecule has 4 N–H and O–H groups in total. The zero-order valence-corrected chi connectivity index (χ0v) is 10.9. The number of aliphatic imine (C=N–C) groups is 1. The molecule has 0 unspecified atom stereocenters. The van der Waals surface area contributed by atoms with E-state index in [2.05, 4.69) is 15.0 Å². The second-order valence-electron chi connectivity index (χ2n) is 3.37. The van der Waals surface area contributed by atoms with Gasteiger partial charge in [-0.3, -0.25) is 10.4 Å².